The van der Waals surface area contributed by atoms with Crippen molar-refractivity contribution in [2.75, 3.05) is 11.4 Å². The van der Waals surface area contributed by atoms with Gasteiger partial charge in [0.1, 0.15) is 6.04 Å². The summed E-state index contributed by atoms with van der Waals surface area (Å²) in [5.74, 6) is 0.00911. The van der Waals surface area contributed by atoms with E-state index in [0.717, 1.165) is 25.1 Å². The highest BCUT2D eigenvalue weighted by Gasteiger charge is 2.31. The Labute approximate surface area is 139 Å². The van der Waals surface area contributed by atoms with E-state index in [9.17, 15) is 4.79 Å². The minimum absolute atomic E-state index is 0.105. The minimum Gasteiger partial charge on any atom is -0.461 e. The fraction of sp³-hybridized carbons (Fsp3) is 0.611. The normalized spacial score (nSPS) is 12.5. The van der Waals surface area contributed by atoms with Crippen LogP contribution < -0.4 is 4.90 Å². The molecular weight excluding hydrogens is 298 g/mol. The second-order valence-corrected chi connectivity index (χ2v) is 6.63. The fourth-order valence-corrected chi connectivity index (χ4v) is 2.58. The Morgan fingerprint density at radius 1 is 1.18 bits per heavy atom. The molecule has 1 aromatic rings. The van der Waals surface area contributed by atoms with E-state index in [-0.39, 0.29) is 24.0 Å². The van der Waals surface area contributed by atoms with Gasteiger partial charge in [0.25, 0.3) is 0 Å². The lowest BCUT2D eigenvalue weighted by Crippen LogP contribution is -2.47. The average molecular weight is 326 g/mol. The molecule has 0 aliphatic heterocycles. The summed E-state index contributed by atoms with van der Waals surface area (Å²) in [5, 5.41) is 0.699. The molecule has 1 rings (SSSR count). The van der Waals surface area contributed by atoms with Crippen LogP contribution >= 0.6 is 11.6 Å². The molecule has 0 heterocycles. The topological polar surface area (TPSA) is 29.5 Å². The van der Waals surface area contributed by atoms with E-state index in [0.29, 0.717) is 5.02 Å². The molecule has 1 atom stereocenters. The van der Waals surface area contributed by atoms with Crippen molar-refractivity contribution in [1.29, 1.82) is 0 Å². The molecule has 1 aromatic carbocycles. The molecule has 0 spiro atoms. The number of carbonyl (C=O) groups excluding carboxylic acids is 1. The van der Waals surface area contributed by atoms with Crippen LogP contribution in [0.2, 0.25) is 5.02 Å². The predicted molar refractivity (Wildman–Crippen MR) is 93.6 cm³/mol. The maximum atomic E-state index is 12.6. The van der Waals surface area contributed by atoms with Crippen molar-refractivity contribution >= 4 is 23.3 Å². The van der Waals surface area contributed by atoms with E-state index in [1.165, 1.54) is 0 Å². The molecule has 0 saturated heterocycles. The van der Waals surface area contributed by atoms with Crippen molar-refractivity contribution in [2.24, 2.45) is 5.92 Å². The lowest BCUT2D eigenvalue weighted by Gasteiger charge is -2.35. The van der Waals surface area contributed by atoms with Gasteiger partial charge in [0, 0.05) is 17.3 Å². The van der Waals surface area contributed by atoms with E-state index in [2.05, 4.69) is 25.7 Å². The Balaban J connectivity index is 3.08. The molecule has 22 heavy (non-hydrogen) atoms. The summed E-state index contributed by atoms with van der Waals surface area (Å²) < 4.78 is 5.47. The Morgan fingerprint density at radius 2 is 1.77 bits per heavy atom. The zero-order chi connectivity index (χ0) is 16.7. The number of unbranched alkanes of at least 4 members (excludes halogenated alkanes) is 1. The minimum atomic E-state index is -0.282. The zero-order valence-corrected chi connectivity index (χ0v) is 15.1. The highest BCUT2D eigenvalue weighted by Crippen LogP contribution is 2.25. The lowest BCUT2D eigenvalue weighted by atomic mass is 10.0. The van der Waals surface area contributed by atoms with Gasteiger partial charge in [0.05, 0.1) is 6.10 Å². The molecule has 124 valence electrons. The summed E-state index contributed by atoms with van der Waals surface area (Å²) >= 11 is 5.98. The van der Waals surface area contributed by atoms with Crippen LogP contribution in [0.3, 0.4) is 0 Å². The van der Waals surface area contributed by atoms with Gasteiger partial charge in [-0.25, -0.2) is 4.79 Å². The average Bonchev–Trinajstić information content (AvgIpc) is 2.43. The maximum absolute atomic E-state index is 12.6. The van der Waals surface area contributed by atoms with Gasteiger partial charge in [-0.15, -0.1) is 0 Å². The molecule has 0 bridgehead atoms. The van der Waals surface area contributed by atoms with Gasteiger partial charge in [0.15, 0.2) is 0 Å². The van der Waals surface area contributed by atoms with Gasteiger partial charge in [-0.05, 0) is 50.5 Å². The lowest BCUT2D eigenvalue weighted by molar-refractivity contribution is -0.150. The Hall–Kier alpha value is -1.22. The van der Waals surface area contributed by atoms with Gasteiger partial charge >= 0.3 is 5.97 Å². The largest absolute Gasteiger partial charge is 0.461 e. The third kappa shape index (κ3) is 5.53. The molecule has 3 nitrogen and oxygen atoms in total. The predicted octanol–water partition coefficient (Wildman–Crippen LogP) is 4.92. The van der Waals surface area contributed by atoms with Gasteiger partial charge in [-0.2, -0.15) is 0 Å². The van der Waals surface area contributed by atoms with Crippen molar-refractivity contribution in [2.45, 2.75) is 59.6 Å². The van der Waals surface area contributed by atoms with E-state index in [1.807, 2.05) is 38.1 Å². The number of nitrogens with zero attached hydrogens (tertiary/aromatic N) is 1. The molecule has 0 aromatic heterocycles. The fourth-order valence-electron chi connectivity index (χ4n) is 2.45. The molecule has 1 unspecified atom stereocenters. The van der Waals surface area contributed by atoms with Gasteiger partial charge in [-0.1, -0.05) is 38.8 Å². The molecule has 0 N–H and O–H groups in total. The molecule has 0 fully saturated rings. The summed E-state index contributed by atoms with van der Waals surface area (Å²) in [5.41, 5.74) is 1.01. The van der Waals surface area contributed by atoms with Crippen LogP contribution in [0.4, 0.5) is 5.69 Å². The van der Waals surface area contributed by atoms with Crippen LogP contribution in [-0.4, -0.2) is 24.7 Å². The van der Waals surface area contributed by atoms with Crippen LogP contribution in [0, 0.1) is 5.92 Å². The van der Waals surface area contributed by atoms with Crippen LogP contribution in [-0.2, 0) is 9.53 Å². The number of anilines is 1. The second kappa shape index (κ2) is 9.04. The summed E-state index contributed by atoms with van der Waals surface area (Å²) in [6, 6.07) is 7.38. The smallest absolute Gasteiger partial charge is 0.329 e. The van der Waals surface area contributed by atoms with Crippen molar-refractivity contribution < 1.29 is 9.53 Å². The summed E-state index contributed by atoms with van der Waals surface area (Å²) in [6.07, 6.45) is 2.00. The quantitative estimate of drug-likeness (QED) is 0.635. The SMILES string of the molecule is CCCCN(c1ccc(Cl)cc1)C(C(=O)OC(C)C)C(C)C. The highest BCUT2D eigenvalue weighted by atomic mass is 35.5. The van der Waals surface area contributed by atoms with Gasteiger partial charge < -0.3 is 9.64 Å². The Morgan fingerprint density at radius 3 is 2.23 bits per heavy atom. The Bertz CT molecular complexity index is 457. The van der Waals surface area contributed by atoms with E-state index >= 15 is 0 Å². The van der Waals surface area contributed by atoms with Gasteiger partial charge in [-0.3, -0.25) is 0 Å². The number of ether oxygens (including phenoxy) is 1. The highest BCUT2D eigenvalue weighted by molar-refractivity contribution is 6.30. The number of esters is 1. The summed E-state index contributed by atoms with van der Waals surface area (Å²) in [7, 11) is 0. The first-order valence-electron chi connectivity index (χ1n) is 8.09. The first-order valence-corrected chi connectivity index (χ1v) is 8.47. The second-order valence-electron chi connectivity index (χ2n) is 6.20. The van der Waals surface area contributed by atoms with Gasteiger partial charge in [0.2, 0.25) is 0 Å². The molecule has 0 radical (unpaired) electrons. The van der Waals surface area contributed by atoms with E-state index in [1.54, 1.807) is 0 Å². The Kier molecular flexibility index (Phi) is 7.74. The number of carbonyl (C=O) groups is 1. The molecule has 0 aliphatic carbocycles. The van der Waals surface area contributed by atoms with Crippen LogP contribution in [0.15, 0.2) is 24.3 Å². The maximum Gasteiger partial charge on any atom is 0.329 e. The van der Waals surface area contributed by atoms with Crippen molar-refractivity contribution in [3.63, 3.8) is 0 Å². The number of hydrogen-bond acceptors (Lipinski definition) is 3. The first-order chi connectivity index (χ1) is 10.4. The molecule has 4 heteroatoms. The van der Waals surface area contributed by atoms with Crippen molar-refractivity contribution in [3.05, 3.63) is 29.3 Å². The van der Waals surface area contributed by atoms with Crippen LogP contribution in [0.1, 0.15) is 47.5 Å². The number of halogens is 1. The third-order valence-electron chi connectivity index (χ3n) is 3.47. The van der Waals surface area contributed by atoms with Crippen molar-refractivity contribution in [1.82, 2.24) is 0 Å². The first kappa shape index (κ1) is 18.8. The standard InChI is InChI=1S/C18H28ClNO2/c1-6-7-12-20(16-10-8-15(19)9-11-16)17(13(2)3)18(21)22-14(4)5/h8-11,13-14,17H,6-7,12H2,1-5H3. The third-order valence-corrected chi connectivity index (χ3v) is 3.72. The summed E-state index contributed by atoms with van der Waals surface area (Å²) in [6.45, 7) is 10.9. The zero-order valence-electron chi connectivity index (χ0n) is 14.3. The number of benzene rings is 1. The summed E-state index contributed by atoms with van der Waals surface area (Å²) in [4.78, 5) is 14.7. The van der Waals surface area contributed by atoms with E-state index in [4.69, 9.17) is 16.3 Å². The van der Waals surface area contributed by atoms with Crippen LogP contribution in [0.25, 0.3) is 0 Å². The number of rotatable bonds is 8. The monoisotopic (exact) mass is 325 g/mol. The van der Waals surface area contributed by atoms with E-state index < -0.39 is 0 Å². The van der Waals surface area contributed by atoms with Crippen LogP contribution in [0.5, 0.6) is 0 Å². The van der Waals surface area contributed by atoms with Crippen molar-refractivity contribution in [3.8, 4) is 0 Å². The molecular formula is C18H28ClNO2. The molecule has 0 aliphatic rings. The molecule has 0 saturated carbocycles. The molecule has 0 amide bonds. The number of hydrogen-bond donors (Lipinski definition) is 0.